The molecule has 0 aromatic heterocycles. The first-order chi connectivity index (χ1) is 8.60. The molecule has 18 heavy (non-hydrogen) atoms. The fourth-order valence-electron chi connectivity index (χ4n) is 2.16. The second-order valence-electron chi connectivity index (χ2n) is 4.72. The normalized spacial score (nSPS) is 17.1. The molecule has 2 rings (SSSR count). The van der Waals surface area contributed by atoms with Gasteiger partial charge >= 0.3 is 0 Å². The van der Waals surface area contributed by atoms with Gasteiger partial charge in [0.05, 0.1) is 30.1 Å². The Hall–Kier alpha value is -1.49. The minimum atomic E-state index is -0.466. The monoisotopic (exact) mass is 254 g/mol. The molecule has 1 saturated carbocycles. The molecule has 0 radical (unpaired) electrons. The van der Waals surface area contributed by atoms with Gasteiger partial charge < -0.3 is 20.9 Å². The zero-order valence-corrected chi connectivity index (χ0v) is 10.5. The Kier molecular flexibility index (Phi) is 3.61. The van der Waals surface area contributed by atoms with Crippen LogP contribution in [0.5, 0.6) is 5.75 Å². The van der Waals surface area contributed by atoms with Gasteiger partial charge in [-0.3, -0.25) is 0 Å². The zero-order valence-electron chi connectivity index (χ0n) is 10.5. The van der Waals surface area contributed by atoms with E-state index in [0.29, 0.717) is 18.0 Å². The number of nitrogen functional groups attached to an aromatic ring is 1. The first-order valence-corrected chi connectivity index (χ1v) is 6.21. The summed E-state index contributed by atoms with van der Waals surface area (Å²) in [5.74, 6) is -0.284. The van der Waals surface area contributed by atoms with Gasteiger partial charge in [0.2, 0.25) is 0 Å². The molecule has 5 heteroatoms. The molecule has 0 unspecified atom stereocenters. The SMILES string of the molecule is CCOc1cc(NC2(CO)CCC2)c(N)cc1F. The molecule has 1 fully saturated rings. The second kappa shape index (κ2) is 5.02. The van der Waals surface area contributed by atoms with Gasteiger partial charge in [-0.25, -0.2) is 4.39 Å². The minimum absolute atomic E-state index is 0.0494. The molecule has 0 atom stereocenters. The largest absolute Gasteiger partial charge is 0.491 e. The van der Waals surface area contributed by atoms with E-state index in [1.807, 2.05) is 0 Å². The van der Waals surface area contributed by atoms with Crippen LogP contribution in [0.2, 0.25) is 0 Å². The third kappa shape index (κ3) is 2.36. The summed E-state index contributed by atoms with van der Waals surface area (Å²) in [6.07, 6.45) is 2.86. The molecule has 1 aromatic carbocycles. The average molecular weight is 254 g/mol. The number of aliphatic hydroxyl groups is 1. The third-order valence-electron chi connectivity index (χ3n) is 3.42. The molecule has 1 aromatic rings. The average Bonchev–Trinajstić information content (AvgIpc) is 2.29. The fourth-order valence-corrected chi connectivity index (χ4v) is 2.16. The van der Waals surface area contributed by atoms with Gasteiger partial charge in [-0.15, -0.1) is 0 Å². The summed E-state index contributed by atoms with van der Waals surface area (Å²) in [7, 11) is 0. The van der Waals surface area contributed by atoms with Crippen molar-refractivity contribution >= 4 is 11.4 Å². The van der Waals surface area contributed by atoms with Crippen LogP contribution in [0, 0.1) is 5.82 Å². The standard InChI is InChI=1S/C13H19FN2O2/c1-2-18-12-7-11(10(15)6-9(12)14)16-13(8-17)4-3-5-13/h6-7,16-17H,2-5,8,15H2,1H3. The lowest BCUT2D eigenvalue weighted by Gasteiger charge is -2.42. The quantitative estimate of drug-likeness (QED) is 0.704. The lowest BCUT2D eigenvalue weighted by atomic mass is 9.77. The van der Waals surface area contributed by atoms with E-state index in [1.165, 1.54) is 6.07 Å². The van der Waals surface area contributed by atoms with Crippen molar-refractivity contribution in [1.29, 1.82) is 0 Å². The summed E-state index contributed by atoms with van der Waals surface area (Å²) in [5.41, 5.74) is 6.43. The number of anilines is 2. The second-order valence-corrected chi connectivity index (χ2v) is 4.72. The van der Waals surface area contributed by atoms with Crippen LogP contribution in [0.1, 0.15) is 26.2 Å². The first kappa shape index (κ1) is 13.0. The van der Waals surface area contributed by atoms with Crippen LogP contribution < -0.4 is 15.8 Å². The van der Waals surface area contributed by atoms with E-state index in [9.17, 15) is 9.50 Å². The van der Waals surface area contributed by atoms with E-state index in [4.69, 9.17) is 10.5 Å². The van der Waals surface area contributed by atoms with E-state index in [0.717, 1.165) is 19.3 Å². The van der Waals surface area contributed by atoms with E-state index >= 15 is 0 Å². The van der Waals surface area contributed by atoms with Crippen molar-refractivity contribution in [2.45, 2.75) is 31.7 Å². The van der Waals surface area contributed by atoms with E-state index in [-0.39, 0.29) is 17.9 Å². The molecule has 100 valence electrons. The lowest BCUT2D eigenvalue weighted by molar-refractivity contribution is 0.144. The molecule has 1 aliphatic rings. The number of hydrogen-bond donors (Lipinski definition) is 3. The van der Waals surface area contributed by atoms with Crippen molar-refractivity contribution in [2.75, 3.05) is 24.3 Å². The highest BCUT2D eigenvalue weighted by atomic mass is 19.1. The van der Waals surface area contributed by atoms with Crippen LogP contribution in [0.3, 0.4) is 0 Å². The zero-order chi connectivity index (χ0) is 13.2. The Morgan fingerprint density at radius 2 is 2.22 bits per heavy atom. The third-order valence-corrected chi connectivity index (χ3v) is 3.42. The number of rotatable bonds is 5. The van der Waals surface area contributed by atoms with Gasteiger partial charge in [-0.05, 0) is 26.2 Å². The van der Waals surface area contributed by atoms with Crippen molar-refractivity contribution in [1.82, 2.24) is 0 Å². The summed E-state index contributed by atoms with van der Waals surface area (Å²) in [4.78, 5) is 0. The smallest absolute Gasteiger partial charge is 0.167 e. The van der Waals surface area contributed by atoms with Gasteiger partial charge in [0, 0.05) is 12.1 Å². The molecule has 4 nitrogen and oxygen atoms in total. The maximum Gasteiger partial charge on any atom is 0.167 e. The Balaban J connectivity index is 2.24. The summed E-state index contributed by atoms with van der Waals surface area (Å²) >= 11 is 0. The van der Waals surface area contributed by atoms with Crippen LogP contribution in [0.25, 0.3) is 0 Å². The van der Waals surface area contributed by atoms with Gasteiger partial charge in [0.15, 0.2) is 11.6 Å². The number of ether oxygens (including phenoxy) is 1. The summed E-state index contributed by atoms with van der Waals surface area (Å²) < 4.78 is 18.7. The van der Waals surface area contributed by atoms with Crippen LogP contribution in [0.4, 0.5) is 15.8 Å². The molecule has 0 bridgehead atoms. The molecule has 0 aliphatic heterocycles. The van der Waals surface area contributed by atoms with Gasteiger partial charge in [0.25, 0.3) is 0 Å². The molecule has 0 saturated heterocycles. The molecular formula is C13H19FN2O2. The number of halogens is 1. The summed E-state index contributed by atoms with van der Waals surface area (Å²) in [6.45, 7) is 2.24. The van der Waals surface area contributed by atoms with Crippen LogP contribution in [0.15, 0.2) is 12.1 Å². The summed E-state index contributed by atoms with van der Waals surface area (Å²) in [6, 6.07) is 2.81. The Morgan fingerprint density at radius 3 is 2.72 bits per heavy atom. The van der Waals surface area contributed by atoms with Crippen molar-refractivity contribution in [3.8, 4) is 5.75 Å². The number of nitrogens with one attached hydrogen (secondary N) is 1. The molecule has 0 amide bonds. The molecule has 0 heterocycles. The van der Waals surface area contributed by atoms with Crippen LogP contribution in [-0.4, -0.2) is 23.9 Å². The Bertz CT molecular complexity index is 428. The van der Waals surface area contributed by atoms with Gasteiger partial charge in [0.1, 0.15) is 0 Å². The molecule has 1 aliphatic carbocycles. The fraction of sp³-hybridized carbons (Fsp3) is 0.538. The lowest BCUT2D eigenvalue weighted by Crippen LogP contribution is -2.48. The Morgan fingerprint density at radius 1 is 1.50 bits per heavy atom. The number of aliphatic hydroxyl groups excluding tert-OH is 1. The van der Waals surface area contributed by atoms with E-state index in [1.54, 1.807) is 13.0 Å². The topological polar surface area (TPSA) is 67.5 Å². The van der Waals surface area contributed by atoms with E-state index < -0.39 is 5.82 Å². The first-order valence-electron chi connectivity index (χ1n) is 6.21. The van der Waals surface area contributed by atoms with Gasteiger partial charge in [-0.1, -0.05) is 0 Å². The Labute approximate surface area is 106 Å². The number of benzene rings is 1. The highest BCUT2D eigenvalue weighted by Crippen LogP contribution is 2.38. The summed E-state index contributed by atoms with van der Waals surface area (Å²) in [5, 5.41) is 12.6. The van der Waals surface area contributed by atoms with Crippen molar-refractivity contribution < 1.29 is 14.2 Å². The predicted octanol–water partition coefficient (Wildman–Crippen LogP) is 2.13. The molecule has 4 N–H and O–H groups in total. The number of hydrogen-bond acceptors (Lipinski definition) is 4. The molecule has 0 spiro atoms. The highest BCUT2D eigenvalue weighted by molar-refractivity contribution is 5.69. The minimum Gasteiger partial charge on any atom is -0.491 e. The predicted molar refractivity (Wildman–Crippen MR) is 69.3 cm³/mol. The van der Waals surface area contributed by atoms with Gasteiger partial charge in [-0.2, -0.15) is 0 Å². The highest BCUT2D eigenvalue weighted by Gasteiger charge is 2.36. The van der Waals surface area contributed by atoms with E-state index in [2.05, 4.69) is 5.32 Å². The van der Waals surface area contributed by atoms with Crippen molar-refractivity contribution in [3.63, 3.8) is 0 Å². The maximum atomic E-state index is 13.5. The van der Waals surface area contributed by atoms with Crippen LogP contribution >= 0.6 is 0 Å². The van der Waals surface area contributed by atoms with Crippen molar-refractivity contribution in [2.24, 2.45) is 0 Å². The number of nitrogens with two attached hydrogens (primary N) is 1. The van der Waals surface area contributed by atoms with Crippen LogP contribution in [-0.2, 0) is 0 Å². The van der Waals surface area contributed by atoms with Crippen molar-refractivity contribution in [3.05, 3.63) is 17.9 Å². The maximum absolute atomic E-state index is 13.5. The molecular weight excluding hydrogens is 235 g/mol.